The molecule has 122 valence electrons. The Bertz CT molecular complexity index is 477. The molecule has 3 amide bonds. The van der Waals surface area contributed by atoms with E-state index in [1.807, 2.05) is 39.0 Å². The highest BCUT2D eigenvalue weighted by molar-refractivity contribution is 5.93. The van der Waals surface area contributed by atoms with Crippen molar-refractivity contribution >= 4 is 17.6 Å². The molecule has 1 aromatic rings. The minimum atomic E-state index is -0.608. The van der Waals surface area contributed by atoms with Crippen LogP contribution in [-0.4, -0.2) is 37.7 Å². The zero-order valence-corrected chi connectivity index (χ0v) is 13.6. The van der Waals surface area contributed by atoms with E-state index in [1.165, 1.54) is 0 Å². The molecule has 0 heterocycles. The first kappa shape index (κ1) is 18.0. The lowest BCUT2D eigenvalue weighted by atomic mass is 10.0. The van der Waals surface area contributed by atoms with Crippen molar-refractivity contribution in [3.63, 3.8) is 0 Å². The number of carbonyl (C=O) groups excluding carboxylic acids is 2. The van der Waals surface area contributed by atoms with Crippen molar-refractivity contribution in [2.45, 2.75) is 32.9 Å². The lowest BCUT2D eigenvalue weighted by Crippen LogP contribution is -2.53. The highest BCUT2D eigenvalue weighted by Crippen LogP contribution is 2.06. The van der Waals surface area contributed by atoms with Crippen LogP contribution in [0.5, 0.6) is 0 Å². The lowest BCUT2D eigenvalue weighted by Gasteiger charge is -2.24. The van der Waals surface area contributed by atoms with E-state index in [0.717, 1.165) is 0 Å². The second-order valence-corrected chi connectivity index (χ2v) is 5.55. The van der Waals surface area contributed by atoms with E-state index in [1.54, 1.807) is 19.2 Å². The number of anilines is 1. The summed E-state index contributed by atoms with van der Waals surface area (Å²) in [6.07, 6.45) is 0. The van der Waals surface area contributed by atoms with E-state index >= 15 is 0 Å². The molecule has 0 saturated heterocycles. The van der Waals surface area contributed by atoms with E-state index in [9.17, 15) is 9.59 Å². The molecular weight excluding hydrogens is 282 g/mol. The van der Waals surface area contributed by atoms with Crippen LogP contribution in [0.2, 0.25) is 0 Å². The van der Waals surface area contributed by atoms with Crippen LogP contribution in [0.3, 0.4) is 0 Å². The van der Waals surface area contributed by atoms with Crippen LogP contribution in [0.4, 0.5) is 10.5 Å². The quantitative estimate of drug-likeness (QED) is 0.720. The van der Waals surface area contributed by atoms with E-state index in [2.05, 4.69) is 16.0 Å². The van der Waals surface area contributed by atoms with Gasteiger partial charge in [0.25, 0.3) is 0 Å². The van der Waals surface area contributed by atoms with E-state index in [0.29, 0.717) is 12.3 Å². The van der Waals surface area contributed by atoms with Gasteiger partial charge in [-0.3, -0.25) is 4.79 Å². The SMILES string of the molecule is COCC(C)NC(=O)C(NC(=O)Nc1ccccc1)C(C)C. The van der Waals surface area contributed by atoms with Crippen molar-refractivity contribution in [3.8, 4) is 0 Å². The summed E-state index contributed by atoms with van der Waals surface area (Å²) in [5, 5.41) is 8.24. The molecule has 0 bridgehead atoms. The third-order valence-electron chi connectivity index (χ3n) is 3.07. The maximum atomic E-state index is 12.2. The highest BCUT2D eigenvalue weighted by Gasteiger charge is 2.25. The van der Waals surface area contributed by atoms with Gasteiger partial charge in [-0.15, -0.1) is 0 Å². The summed E-state index contributed by atoms with van der Waals surface area (Å²) in [4.78, 5) is 24.3. The molecule has 2 atom stereocenters. The van der Waals surface area contributed by atoms with Crippen molar-refractivity contribution in [2.24, 2.45) is 5.92 Å². The number of amides is 3. The molecule has 0 spiro atoms. The minimum absolute atomic E-state index is 0.0312. The molecule has 0 aliphatic heterocycles. The number of urea groups is 1. The maximum absolute atomic E-state index is 12.2. The summed E-state index contributed by atoms with van der Waals surface area (Å²) in [5.74, 6) is -0.251. The van der Waals surface area contributed by atoms with Crippen molar-refractivity contribution in [1.82, 2.24) is 10.6 Å². The molecule has 3 N–H and O–H groups in total. The van der Waals surface area contributed by atoms with Gasteiger partial charge in [0.05, 0.1) is 6.61 Å². The number of methoxy groups -OCH3 is 1. The Balaban J connectivity index is 2.59. The number of ether oxygens (including phenoxy) is 1. The topological polar surface area (TPSA) is 79.5 Å². The Morgan fingerprint density at radius 3 is 2.27 bits per heavy atom. The fourth-order valence-electron chi connectivity index (χ4n) is 1.99. The minimum Gasteiger partial charge on any atom is -0.383 e. The van der Waals surface area contributed by atoms with Crippen LogP contribution >= 0.6 is 0 Å². The lowest BCUT2D eigenvalue weighted by molar-refractivity contribution is -0.124. The summed E-state index contributed by atoms with van der Waals surface area (Å²) < 4.78 is 4.99. The fraction of sp³-hybridized carbons (Fsp3) is 0.500. The van der Waals surface area contributed by atoms with Gasteiger partial charge >= 0.3 is 6.03 Å². The standard InChI is InChI=1S/C16H25N3O3/c1-11(2)14(15(20)17-12(3)10-22-4)19-16(21)18-13-8-6-5-7-9-13/h5-9,11-12,14H,10H2,1-4H3,(H,17,20)(H2,18,19,21). The summed E-state index contributed by atoms with van der Waals surface area (Å²) in [7, 11) is 1.58. The second kappa shape index (κ2) is 9.04. The number of nitrogens with one attached hydrogen (secondary N) is 3. The van der Waals surface area contributed by atoms with Gasteiger partial charge in [0.2, 0.25) is 5.91 Å². The fourth-order valence-corrected chi connectivity index (χ4v) is 1.99. The summed E-state index contributed by atoms with van der Waals surface area (Å²) in [6, 6.07) is 7.96. The number of hydrogen-bond acceptors (Lipinski definition) is 3. The predicted molar refractivity (Wildman–Crippen MR) is 86.7 cm³/mol. The molecule has 0 saturated carbocycles. The number of carbonyl (C=O) groups is 2. The Labute approximate surface area is 131 Å². The van der Waals surface area contributed by atoms with Gasteiger partial charge in [-0.25, -0.2) is 4.79 Å². The summed E-state index contributed by atoms with van der Waals surface area (Å²) in [6.45, 7) is 6.04. The average molecular weight is 307 g/mol. The van der Waals surface area contributed by atoms with Gasteiger partial charge in [-0.2, -0.15) is 0 Å². The van der Waals surface area contributed by atoms with Crippen molar-refractivity contribution < 1.29 is 14.3 Å². The van der Waals surface area contributed by atoms with Gasteiger partial charge in [0.1, 0.15) is 6.04 Å². The van der Waals surface area contributed by atoms with Gasteiger partial charge in [0, 0.05) is 18.8 Å². The summed E-state index contributed by atoms with van der Waals surface area (Å²) >= 11 is 0. The highest BCUT2D eigenvalue weighted by atomic mass is 16.5. The predicted octanol–water partition coefficient (Wildman–Crippen LogP) is 1.98. The van der Waals surface area contributed by atoms with Crippen LogP contribution < -0.4 is 16.0 Å². The van der Waals surface area contributed by atoms with Crippen molar-refractivity contribution in [2.75, 3.05) is 19.0 Å². The van der Waals surface area contributed by atoms with Crippen LogP contribution in [-0.2, 0) is 9.53 Å². The van der Waals surface area contributed by atoms with Crippen LogP contribution in [0.1, 0.15) is 20.8 Å². The third kappa shape index (κ3) is 6.13. The normalized spacial score (nSPS) is 13.3. The number of rotatable bonds is 7. The Hall–Kier alpha value is -2.08. The Morgan fingerprint density at radius 1 is 1.09 bits per heavy atom. The smallest absolute Gasteiger partial charge is 0.319 e. The largest absolute Gasteiger partial charge is 0.383 e. The Kier molecular flexibility index (Phi) is 7.39. The number of hydrogen-bond donors (Lipinski definition) is 3. The first-order chi connectivity index (χ1) is 10.4. The molecule has 0 aliphatic carbocycles. The first-order valence-corrected chi connectivity index (χ1v) is 7.36. The molecule has 1 aromatic carbocycles. The van der Waals surface area contributed by atoms with E-state index in [-0.39, 0.29) is 17.9 Å². The molecular formula is C16H25N3O3. The van der Waals surface area contributed by atoms with Crippen LogP contribution in [0.25, 0.3) is 0 Å². The first-order valence-electron chi connectivity index (χ1n) is 7.36. The molecule has 2 unspecified atom stereocenters. The van der Waals surface area contributed by atoms with Crippen LogP contribution in [0.15, 0.2) is 30.3 Å². The van der Waals surface area contributed by atoms with Gasteiger partial charge in [0.15, 0.2) is 0 Å². The summed E-state index contributed by atoms with van der Waals surface area (Å²) in [5.41, 5.74) is 0.677. The van der Waals surface area contributed by atoms with Gasteiger partial charge in [-0.05, 0) is 25.0 Å². The van der Waals surface area contributed by atoms with Crippen molar-refractivity contribution in [1.29, 1.82) is 0 Å². The molecule has 6 heteroatoms. The molecule has 0 aliphatic rings. The molecule has 22 heavy (non-hydrogen) atoms. The average Bonchev–Trinajstić information content (AvgIpc) is 2.45. The maximum Gasteiger partial charge on any atom is 0.319 e. The van der Waals surface area contributed by atoms with Gasteiger partial charge in [-0.1, -0.05) is 32.0 Å². The third-order valence-corrected chi connectivity index (χ3v) is 3.07. The molecule has 1 rings (SSSR count). The number of benzene rings is 1. The molecule has 6 nitrogen and oxygen atoms in total. The zero-order valence-electron chi connectivity index (χ0n) is 13.6. The van der Waals surface area contributed by atoms with E-state index < -0.39 is 12.1 Å². The van der Waals surface area contributed by atoms with Gasteiger partial charge < -0.3 is 20.7 Å². The number of para-hydroxylation sites is 1. The molecule has 0 radical (unpaired) electrons. The zero-order chi connectivity index (χ0) is 16.5. The Morgan fingerprint density at radius 2 is 1.73 bits per heavy atom. The van der Waals surface area contributed by atoms with E-state index in [4.69, 9.17) is 4.74 Å². The van der Waals surface area contributed by atoms with Crippen molar-refractivity contribution in [3.05, 3.63) is 30.3 Å². The second-order valence-electron chi connectivity index (χ2n) is 5.55. The monoisotopic (exact) mass is 307 g/mol. The molecule has 0 aromatic heterocycles. The van der Waals surface area contributed by atoms with Crippen LogP contribution in [0, 0.1) is 5.92 Å². The molecule has 0 fully saturated rings.